The predicted molar refractivity (Wildman–Crippen MR) is 112 cm³/mol. The number of benzene rings is 1. The summed E-state index contributed by atoms with van der Waals surface area (Å²) in [6.45, 7) is 0.734. The summed E-state index contributed by atoms with van der Waals surface area (Å²) in [5.41, 5.74) is -1.59. The lowest BCUT2D eigenvalue weighted by Gasteiger charge is -2.22. The highest BCUT2D eigenvalue weighted by Crippen LogP contribution is 2.32. The Morgan fingerprint density at radius 2 is 2.00 bits per heavy atom. The second kappa shape index (κ2) is 9.73. The third-order valence-electron chi connectivity index (χ3n) is 5.23. The van der Waals surface area contributed by atoms with Crippen LogP contribution in [0.1, 0.15) is 21.6 Å². The molecule has 1 aromatic carbocycles. The molecule has 0 aliphatic carbocycles. The lowest BCUT2D eigenvalue weighted by atomic mass is 10.1. The zero-order valence-electron chi connectivity index (χ0n) is 17.8. The van der Waals surface area contributed by atoms with Crippen molar-refractivity contribution >= 4 is 17.5 Å². The summed E-state index contributed by atoms with van der Waals surface area (Å²) in [6.07, 6.45) is -1.17. The molecule has 1 saturated heterocycles. The first-order valence-electron chi connectivity index (χ1n) is 10.3. The van der Waals surface area contributed by atoms with E-state index in [4.69, 9.17) is 0 Å². The Morgan fingerprint density at radius 1 is 1.18 bits per heavy atom. The minimum atomic E-state index is -4.92. The summed E-state index contributed by atoms with van der Waals surface area (Å²) in [5, 5.41) is 20.1. The molecule has 1 unspecified atom stereocenters. The minimum absolute atomic E-state index is 0.0875. The van der Waals surface area contributed by atoms with E-state index in [1.165, 1.54) is 6.20 Å². The van der Waals surface area contributed by atoms with Crippen molar-refractivity contribution in [2.24, 2.45) is 0 Å². The van der Waals surface area contributed by atoms with Crippen LogP contribution in [-0.2, 0) is 12.7 Å². The minimum Gasteiger partial charge on any atom is -0.390 e. The molecule has 3 heterocycles. The summed E-state index contributed by atoms with van der Waals surface area (Å²) in [5.74, 6) is -1.49. The first-order chi connectivity index (χ1) is 16.2. The number of H-pyrrole nitrogens is 1. The quantitative estimate of drug-likeness (QED) is 0.482. The second-order valence-corrected chi connectivity index (χ2v) is 7.79. The van der Waals surface area contributed by atoms with E-state index in [-0.39, 0.29) is 19.6 Å². The molecular weight excluding hydrogens is 458 g/mol. The second-order valence-electron chi connectivity index (χ2n) is 7.79. The smallest absolute Gasteiger partial charge is 0.390 e. The molecule has 34 heavy (non-hydrogen) atoms. The van der Waals surface area contributed by atoms with Crippen molar-refractivity contribution in [3.05, 3.63) is 65.5 Å². The van der Waals surface area contributed by atoms with Crippen LogP contribution in [0.5, 0.6) is 0 Å². The number of aromatic nitrogens is 4. The summed E-state index contributed by atoms with van der Waals surface area (Å²) in [7, 11) is 0. The highest BCUT2D eigenvalue weighted by atomic mass is 19.4. The van der Waals surface area contributed by atoms with Gasteiger partial charge < -0.3 is 15.3 Å². The first kappa shape index (κ1) is 23.6. The maximum atomic E-state index is 14.4. The maximum Gasteiger partial charge on any atom is 0.419 e. The average Bonchev–Trinajstić information content (AvgIpc) is 3.21. The number of hydrogen-bond donors (Lipinski definition) is 3. The summed E-state index contributed by atoms with van der Waals surface area (Å²) >= 11 is 0. The fourth-order valence-electron chi connectivity index (χ4n) is 3.70. The predicted octanol–water partition coefficient (Wildman–Crippen LogP) is 2.42. The van der Waals surface area contributed by atoms with E-state index < -0.39 is 35.1 Å². The number of carbonyl (C=O) groups excluding carboxylic acids is 1. The highest BCUT2D eigenvalue weighted by molar-refractivity contribution is 5.94. The molecule has 13 heteroatoms. The van der Waals surface area contributed by atoms with Gasteiger partial charge in [-0.25, -0.2) is 9.37 Å². The zero-order chi connectivity index (χ0) is 24.3. The molecule has 4 rings (SSSR count). The molecule has 3 N–H and O–H groups in total. The summed E-state index contributed by atoms with van der Waals surface area (Å²) in [4.78, 5) is 24.4. The monoisotopic (exact) mass is 479 g/mol. The van der Waals surface area contributed by atoms with Gasteiger partial charge in [0.25, 0.3) is 5.91 Å². The molecule has 0 spiro atoms. The van der Waals surface area contributed by atoms with Gasteiger partial charge in [0.2, 0.25) is 0 Å². The Kier molecular flexibility index (Phi) is 6.75. The van der Waals surface area contributed by atoms with E-state index in [9.17, 15) is 27.5 Å². The lowest BCUT2D eigenvalue weighted by molar-refractivity contribution is -0.140. The number of aromatic amines is 1. The topological polar surface area (TPSA) is 110 Å². The van der Waals surface area contributed by atoms with Gasteiger partial charge in [0, 0.05) is 51.2 Å². The summed E-state index contributed by atoms with van der Waals surface area (Å²) < 4.78 is 53.5. The average molecular weight is 479 g/mol. The third-order valence-corrected chi connectivity index (χ3v) is 5.23. The van der Waals surface area contributed by atoms with Crippen LogP contribution in [0.4, 0.5) is 29.2 Å². The largest absolute Gasteiger partial charge is 0.419 e. The number of β-amino-alcohol motifs (C(OH)–C–C–N with tert-alkyl or cyclic N) is 1. The van der Waals surface area contributed by atoms with E-state index in [2.05, 4.69) is 25.5 Å². The number of alkyl halides is 3. The molecule has 1 amide bonds. The molecule has 1 atom stereocenters. The maximum absolute atomic E-state index is 14.4. The fourth-order valence-corrected chi connectivity index (χ4v) is 3.70. The van der Waals surface area contributed by atoms with Crippen molar-refractivity contribution in [1.29, 1.82) is 0 Å². The van der Waals surface area contributed by atoms with Gasteiger partial charge in [-0.1, -0.05) is 6.07 Å². The van der Waals surface area contributed by atoms with Crippen LogP contribution in [0, 0.1) is 5.82 Å². The summed E-state index contributed by atoms with van der Waals surface area (Å²) in [6, 6.07) is 4.30. The number of nitrogens with zero attached hydrogens (tertiary/aromatic N) is 5. The number of amides is 1. The van der Waals surface area contributed by atoms with E-state index in [1.807, 2.05) is 4.90 Å². The molecular formula is C21H21F4N7O2. The first-order valence-corrected chi connectivity index (χ1v) is 10.3. The van der Waals surface area contributed by atoms with Crippen molar-refractivity contribution in [2.45, 2.75) is 18.8 Å². The molecule has 1 aliphatic heterocycles. The van der Waals surface area contributed by atoms with E-state index in [1.54, 1.807) is 18.5 Å². The number of aliphatic hydroxyl groups excluding tert-OH is 1. The number of anilines is 2. The number of carbonyl (C=O) groups is 1. The normalized spacial score (nSPS) is 17.4. The number of nitrogens with one attached hydrogen (secondary N) is 2. The molecule has 0 radical (unpaired) electrons. The molecule has 3 aromatic rings. The van der Waals surface area contributed by atoms with Crippen LogP contribution in [0.15, 0.2) is 42.9 Å². The van der Waals surface area contributed by atoms with Crippen LogP contribution in [0.3, 0.4) is 0 Å². The zero-order valence-corrected chi connectivity index (χ0v) is 17.8. The van der Waals surface area contributed by atoms with Crippen LogP contribution in [0.25, 0.3) is 0 Å². The Labute approximate surface area is 191 Å². The van der Waals surface area contributed by atoms with Crippen LogP contribution < -0.4 is 5.32 Å². The van der Waals surface area contributed by atoms with Crippen molar-refractivity contribution in [1.82, 2.24) is 30.0 Å². The Morgan fingerprint density at radius 3 is 2.74 bits per heavy atom. The van der Waals surface area contributed by atoms with Crippen LogP contribution in [-0.4, -0.2) is 73.3 Å². The Hall–Kier alpha value is -3.58. The van der Waals surface area contributed by atoms with E-state index in [0.29, 0.717) is 36.5 Å². The standard InChI is InChI=1S/C21H21F4N7O2/c22-19-15(2-1-3-16(19)21(23,24)25)20(34)32-7-6-31(11-14(33)12-32)10-13-8-26-9-18(28-13)29-17-4-5-27-30-17/h1-5,8-9,14,33H,6-7,10-12H2,(H2,27,28,29,30). The SMILES string of the molecule is O=C(c1cccc(C(F)(F)F)c1F)N1CCN(Cc2cncc(Nc3cc[nH]n3)n2)CC(O)C1. The van der Waals surface area contributed by atoms with Gasteiger partial charge >= 0.3 is 6.18 Å². The van der Waals surface area contributed by atoms with Gasteiger partial charge in [0.05, 0.1) is 29.1 Å². The van der Waals surface area contributed by atoms with Gasteiger partial charge in [-0.15, -0.1) is 0 Å². The number of aliphatic hydroxyl groups is 1. The molecule has 1 aliphatic rings. The molecule has 2 aromatic heterocycles. The highest BCUT2D eigenvalue weighted by Gasteiger charge is 2.36. The van der Waals surface area contributed by atoms with Crippen molar-refractivity contribution in [2.75, 3.05) is 31.5 Å². The number of rotatable bonds is 5. The van der Waals surface area contributed by atoms with Gasteiger partial charge in [0.1, 0.15) is 11.6 Å². The van der Waals surface area contributed by atoms with Crippen molar-refractivity contribution in [3.8, 4) is 0 Å². The van der Waals surface area contributed by atoms with Crippen LogP contribution >= 0.6 is 0 Å². The van der Waals surface area contributed by atoms with Gasteiger partial charge in [-0.2, -0.15) is 18.3 Å². The molecule has 0 bridgehead atoms. The fraction of sp³-hybridized carbons (Fsp3) is 0.333. The number of hydrogen-bond acceptors (Lipinski definition) is 7. The van der Waals surface area contributed by atoms with Crippen LogP contribution in [0.2, 0.25) is 0 Å². The van der Waals surface area contributed by atoms with E-state index >= 15 is 0 Å². The van der Waals surface area contributed by atoms with Crippen molar-refractivity contribution < 1.29 is 27.5 Å². The van der Waals surface area contributed by atoms with E-state index in [0.717, 1.165) is 17.0 Å². The van der Waals surface area contributed by atoms with Gasteiger partial charge in [0.15, 0.2) is 5.82 Å². The lowest BCUT2D eigenvalue weighted by Crippen LogP contribution is -2.38. The van der Waals surface area contributed by atoms with Gasteiger partial charge in [-0.05, 0) is 12.1 Å². The Bertz CT molecular complexity index is 1140. The molecule has 9 nitrogen and oxygen atoms in total. The van der Waals surface area contributed by atoms with Crippen molar-refractivity contribution in [3.63, 3.8) is 0 Å². The Balaban J connectivity index is 1.44. The van der Waals surface area contributed by atoms with Gasteiger partial charge in [-0.3, -0.25) is 19.8 Å². The molecule has 1 fully saturated rings. The third kappa shape index (κ3) is 5.48. The molecule has 180 valence electrons. The number of halogens is 4. The molecule has 0 saturated carbocycles.